The second-order valence-corrected chi connectivity index (χ2v) is 5.59. The van der Waals surface area contributed by atoms with Gasteiger partial charge in [-0.1, -0.05) is 12.1 Å². The first-order valence-corrected chi connectivity index (χ1v) is 7.23. The molecule has 5 heteroatoms. The number of nitrogens with zero attached hydrogens (tertiary/aromatic N) is 2. The Morgan fingerprint density at radius 1 is 1.33 bits per heavy atom. The number of hydrogen-bond acceptors (Lipinski definition) is 2. The molecule has 1 fully saturated rings. The standard InChI is InChI=1S/C16H21FN2O2/c1-12(20)18(2)11-16(21)19-9-3-4-15(19)10-13-5-7-14(17)8-6-13/h5-8,15H,3-4,9-11H2,1-2H3. The topological polar surface area (TPSA) is 40.6 Å². The van der Waals surface area contributed by atoms with Gasteiger partial charge in [0.15, 0.2) is 0 Å². The first-order chi connectivity index (χ1) is 9.97. The van der Waals surface area contributed by atoms with Crippen LogP contribution in [-0.4, -0.2) is 47.8 Å². The second-order valence-electron chi connectivity index (χ2n) is 5.59. The quantitative estimate of drug-likeness (QED) is 0.849. The molecular weight excluding hydrogens is 271 g/mol. The van der Waals surface area contributed by atoms with E-state index in [1.54, 1.807) is 19.2 Å². The monoisotopic (exact) mass is 292 g/mol. The third-order valence-electron chi connectivity index (χ3n) is 3.99. The lowest BCUT2D eigenvalue weighted by atomic mass is 10.0. The van der Waals surface area contributed by atoms with Crippen molar-refractivity contribution in [3.05, 3.63) is 35.6 Å². The predicted molar refractivity (Wildman–Crippen MR) is 78.2 cm³/mol. The van der Waals surface area contributed by atoms with Crippen molar-refractivity contribution in [2.75, 3.05) is 20.1 Å². The molecule has 0 saturated carbocycles. The highest BCUT2D eigenvalue weighted by Crippen LogP contribution is 2.21. The molecule has 2 rings (SSSR count). The maximum atomic E-state index is 12.9. The lowest BCUT2D eigenvalue weighted by molar-refractivity contribution is -0.138. The number of amides is 2. The van der Waals surface area contributed by atoms with Crippen LogP contribution < -0.4 is 0 Å². The fourth-order valence-electron chi connectivity index (χ4n) is 2.67. The highest BCUT2D eigenvalue weighted by Gasteiger charge is 2.29. The van der Waals surface area contributed by atoms with Gasteiger partial charge in [-0.2, -0.15) is 0 Å². The zero-order valence-electron chi connectivity index (χ0n) is 12.5. The van der Waals surface area contributed by atoms with Gasteiger partial charge in [0.05, 0.1) is 6.54 Å². The average Bonchev–Trinajstić information content (AvgIpc) is 2.89. The Bertz CT molecular complexity index is 516. The molecule has 0 aromatic heterocycles. The Balaban J connectivity index is 1.98. The Hall–Kier alpha value is -1.91. The Kier molecular flexibility index (Phi) is 4.94. The van der Waals surface area contributed by atoms with Crippen LogP contribution >= 0.6 is 0 Å². The Labute approximate surface area is 124 Å². The van der Waals surface area contributed by atoms with E-state index in [2.05, 4.69) is 0 Å². The number of likely N-dealkylation sites (tertiary alicyclic amines) is 1. The molecule has 0 aliphatic carbocycles. The molecule has 0 N–H and O–H groups in total. The van der Waals surface area contributed by atoms with Crippen LogP contribution in [0.3, 0.4) is 0 Å². The van der Waals surface area contributed by atoms with Gasteiger partial charge in [0.2, 0.25) is 11.8 Å². The number of halogens is 1. The second kappa shape index (κ2) is 6.70. The van der Waals surface area contributed by atoms with E-state index in [9.17, 15) is 14.0 Å². The minimum absolute atomic E-state index is 0.0164. The van der Waals surface area contributed by atoms with Gasteiger partial charge < -0.3 is 9.80 Å². The van der Waals surface area contributed by atoms with Crippen LogP contribution in [0.1, 0.15) is 25.3 Å². The van der Waals surface area contributed by atoms with Crippen LogP contribution in [0.2, 0.25) is 0 Å². The molecule has 1 aromatic carbocycles. The summed E-state index contributed by atoms with van der Waals surface area (Å²) in [5.74, 6) is -0.379. The molecule has 4 nitrogen and oxygen atoms in total. The number of carbonyl (C=O) groups is 2. The summed E-state index contributed by atoms with van der Waals surface area (Å²) in [6, 6.07) is 6.55. The van der Waals surface area contributed by atoms with Crippen molar-refractivity contribution in [2.45, 2.75) is 32.2 Å². The van der Waals surface area contributed by atoms with E-state index in [1.165, 1.54) is 24.0 Å². The van der Waals surface area contributed by atoms with Gasteiger partial charge in [0, 0.05) is 26.6 Å². The molecule has 0 bridgehead atoms. The number of hydrogen-bond donors (Lipinski definition) is 0. The third-order valence-corrected chi connectivity index (χ3v) is 3.99. The third kappa shape index (κ3) is 4.03. The lowest BCUT2D eigenvalue weighted by Crippen LogP contribution is -2.43. The summed E-state index contributed by atoms with van der Waals surface area (Å²) in [6.45, 7) is 2.30. The molecule has 114 valence electrons. The molecule has 1 saturated heterocycles. The predicted octanol–water partition coefficient (Wildman–Crippen LogP) is 1.84. The van der Waals surface area contributed by atoms with E-state index >= 15 is 0 Å². The minimum Gasteiger partial charge on any atom is -0.338 e. The molecular formula is C16H21FN2O2. The molecule has 1 aliphatic heterocycles. The summed E-state index contributed by atoms with van der Waals surface area (Å²) in [5.41, 5.74) is 1.03. The van der Waals surface area contributed by atoms with Crippen molar-refractivity contribution in [1.82, 2.24) is 9.80 Å². The van der Waals surface area contributed by atoms with Crippen molar-refractivity contribution in [2.24, 2.45) is 0 Å². The summed E-state index contributed by atoms with van der Waals surface area (Å²) in [4.78, 5) is 26.8. The van der Waals surface area contributed by atoms with Gasteiger partial charge in [-0.15, -0.1) is 0 Å². The van der Waals surface area contributed by atoms with Gasteiger partial charge in [0.25, 0.3) is 0 Å². The summed E-state index contributed by atoms with van der Waals surface area (Å²) in [6.07, 6.45) is 2.66. The van der Waals surface area contributed by atoms with Crippen LogP contribution in [-0.2, 0) is 16.0 Å². The van der Waals surface area contributed by atoms with Gasteiger partial charge in [-0.05, 0) is 37.0 Å². The maximum absolute atomic E-state index is 12.9. The van der Waals surface area contributed by atoms with Gasteiger partial charge in [-0.25, -0.2) is 4.39 Å². The smallest absolute Gasteiger partial charge is 0.242 e. The molecule has 1 aromatic rings. The van der Waals surface area contributed by atoms with Gasteiger partial charge in [-0.3, -0.25) is 9.59 Å². The highest BCUT2D eigenvalue weighted by atomic mass is 19.1. The summed E-state index contributed by atoms with van der Waals surface area (Å²) in [5, 5.41) is 0. The van der Waals surface area contributed by atoms with Crippen LogP contribution in [0.15, 0.2) is 24.3 Å². The average molecular weight is 292 g/mol. The molecule has 1 atom stereocenters. The Morgan fingerprint density at radius 2 is 2.00 bits per heavy atom. The van der Waals surface area contributed by atoms with E-state index in [0.717, 1.165) is 31.4 Å². The van der Waals surface area contributed by atoms with Crippen LogP contribution in [0.5, 0.6) is 0 Å². The van der Waals surface area contributed by atoms with Crippen LogP contribution in [0.4, 0.5) is 4.39 Å². The van der Waals surface area contributed by atoms with E-state index in [4.69, 9.17) is 0 Å². The van der Waals surface area contributed by atoms with E-state index in [0.29, 0.717) is 0 Å². The van der Waals surface area contributed by atoms with Crippen molar-refractivity contribution >= 4 is 11.8 Å². The van der Waals surface area contributed by atoms with Crippen LogP contribution in [0.25, 0.3) is 0 Å². The van der Waals surface area contributed by atoms with E-state index in [-0.39, 0.29) is 30.2 Å². The van der Waals surface area contributed by atoms with Gasteiger partial charge >= 0.3 is 0 Å². The fraction of sp³-hybridized carbons (Fsp3) is 0.500. The highest BCUT2D eigenvalue weighted by molar-refractivity contribution is 5.84. The molecule has 21 heavy (non-hydrogen) atoms. The van der Waals surface area contributed by atoms with Crippen molar-refractivity contribution in [3.63, 3.8) is 0 Å². The summed E-state index contributed by atoms with van der Waals surface area (Å²) >= 11 is 0. The number of carbonyl (C=O) groups excluding carboxylic acids is 2. The largest absolute Gasteiger partial charge is 0.338 e. The van der Waals surface area contributed by atoms with E-state index < -0.39 is 0 Å². The Morgan fingerprint density at radius 3 is 2.62 bits per heavy atom. The molecule has 0 spiro atoms. The van der Waals surface area contributed by atoms with Crippen molar-refractivity contribution in [3.8, 4) is 0 Å². The summed E-state index contributed by atoms with van der Waals surface area (Å²) in [7, 11) is 1.63. The summed E-state index contributed by atoms with van der Waals surface area (Å²) < 4.78 is 12.9. The zero-order valence-corrected chi connectivity index (χ0v) is 12.5. The van der Waals surface area contributed by atoms with Gasteiger partial charge in [0.1, 0.15) is 5.82 Å². The fourth-order valence-corrected chi connectivity index (χ4v) is 2.67. The van der Waals surface area contributed by atoms with Crippen LogP contribution in [0, 0.1) is 5.82 Å². The van der Waals surface area contributed by atoms with Crippen molar-refractivity contribution < 1.29 is 14.0 Å². The van der Waals surface area contributed by atoms with Crippen molar-refractivity contribution in [1.29, 1.82) is 0 Å². The molecule has 1 unspecified atom stereocenters. The SMILES string of the molecule is CC(=O)N(C)CC(=O)N1CCCC1Cc1ccc(F)cc1. The minimum atomic E-state index is -0.249. The normalized spacial score (nSPS) is 17.9. The first-order valence-electron chi connectivity index (χ1n) is 7.23. The maximum Gasteiger partial charge on any atom is 0.242 e. The molecule has 0 radical (unpaired) electrons. The molecule has 2 amide bonds. The van der Waals surface area contributed by atoms with E-state index in [1.807, 2.05) is 4.90 Å². The number of likely N-dealkylation sites (N-methyl/N-ethyl adjacent to an activating group) is 1. The zero-order chi connectivity index (χ0) is 15.4. The molecule has 1 aliphatic rings. The number of rotatable bonds is 4. The molecule has 1 heterocycles. The lowest BCUT2D eigenvalue weighted by Gasteiger charge is -2.27. The number of benzene rings is 1. The first kappa shape index (κ1) is 15.5.